The Bertz CT molecular complexity index is 686. The van der Waals surface area contributed by atoms with Crippen molar-refractivity contribution in [2.24, 2.45) is 0 Å². The van der Waals surface area contributed by atoms with Crippen molar-refractivity contribution >= 4 is 11.9 Å². The van der Waals surface area contributed by atoms with Crippen molar-refractivity contribution in [3.05, 3.63) is 71.5 Å². The highest BCUT2D eigenvalue weighted by atomic mass is 19.1. The Labute approximate surface area is 147 Å². The Kier molecular flexibility index (Phi) is 7.14. The van der Waals surface area contributed by atoms with Gasteiger partial charge in [-0.25, -0.2) is 4.39 Å². The van der Waals surface area contributed by atoms with E-state index in [4.69, 9.17) is 4.74 Å². The molecule has 2 aromatic carbocycles. The molecule has 132 valence electrons. The second-order valence-corrected chi connectivity index (χ2v) is 5.59. The van der Waals surface area contributed by atoms with E-state index in [-0.39, 0.29) is 30.7 Å². The van der Waals surface area contributed by atoms with Crippen LogP contribution in [0.1, 0.15) is 29.3 Å². The summed E-state index contributed by atoms with van der Waals surface area (Å²) in [6.45, 7) is 2.80. The SMILES string of the molecule is CCOC(=O)CCN(CCc1ccccc1)C(=O)c1ccc(F)cc1. The summed E-state index contributed by atoms with van der Waals surface area (Å²) in [5, 5.41) is 0. The van der Waals surface area contributed by atoms with E-state index in [1.165, 1.54) is 24.3 Å². The van der Waals surface area contributed by atoms with E-state index in [2.05, 4.69) is 0 Å². The summed E-state index contributed by atoms with van der Waals surface area (Å²) in [6, 6.07) is 15.2. The average Bonchev–Trinajstić information content (AvgIpc) is 2.63. The van der Waals surface area contributed by atoms with Crippen LogP contribution in [0.2, 0.25) is 0 Å². The maximum Gasteiger partial charge on any atom is 0.307 e. The van der Waals surface area contributed by atoms with Gasteiger partial charge in [0.2, 0.25) is 0 Å². The minimum atomic E-state index is -0.390. The molecule has 0 N–H and O–H groups in total. The Balaban J connectivity index is 2.05. The molecular weight excluding hydrogens is 321 g/mol. The number of hydrogen-bond donors (Lipinski definition) is 0. The van der Waals surface area contributed by atoms with Gasteiger partial charge in [-0.3, -0.25) is 9.59 Å². The Morgan fingerprint density at radius 3 is 2.32 bits per heavy atom. The third-order valence-electron chi connectivity index (χ3n) is 3.78. The average molecular weight is 343 g/mol. The summed E-state index contributed by atoms with van der Waals surface area (Å²) >= 11 is 0. The van der Waals surface area contributed by atoms with Crippen LogP contribution in [0.15, 0.2) is 54.6 Å². The molecule has 0 aromatic heterocycles. The second kappa shape index (κ2) is 9.57. The summed E-state index contributed by atoms with van der Waals surface area (Å²) < 4.78 is 18.0. The van der Waals surface area contributed by atoms with E-state index in [1.54, 1.807) is 11.8 Å². The van der Waals surface area contributed by atoms with Crippen molar-refractivity contribution in [2.45, 2.75) is 19.8 Å². The number of rotatable bonds is 8. The Morgan fingerprint density at radius 1 is 1.00 bits per heavy atom. The number of carbonyl (C=O) groups is 2. The third-order valence-corrected chi connectivity index (χ3v) is 3.78. The van der Waals surface area contributed by atoms with Gasteiger partial charge in [-0.15, -0.1) is 0 Å². The molecular formula is C20H22FNO3. The smallest absolute Gasteiger partial charge is 0.307 e. The van der Waals surface area contributed by atoms with Crippen LogP contribution in [0, 0.1) is 5.82 Å². The predicted octanol–water partition coefficient (Wildman–Crippen LogP) is 3.46. The largest absolute Gasteiger partial charge is 0.466 e. The maximum absolute atomic E-state index is 13.1. The fourth-order valence-electron chi connectivity index (χ4n) is 2.46. The zero-order chi connectivity index (χ0) is 18.1. The lowest BCUT2D eigenvalue weighted by Gasteiger charge is -2.22. The first-order valence-corrected chi connectivity index (χ1v) is 8.34. The minimum absolute atomic E-state index is 0.134. The van der Waals surface area contributed by atoms with Crippen molar-refractivity contribution < 1.29 is 18.7 Å². The monoisotopic (exact) mass is 343 g/mol. The quantitative estimate of drug-likeness (QED) is 0.690. The molecule has 0 aliphatic rings. The summed E-state index contributed by atoms with van der Waals surface area (Å²) in [5.74, 6) is -0.946. The van der Waals surface area contributed by atoms with Crippen molar-refractivity contribution in [1.82, 2.24) is 4.90 Å². The highest BCUT2D eigenvalue weighted by Gasteiger charge is 2.17. The predicted molar refractivity (Wildman–Crippen MR) is 93.7 cm³/mol. The van der Waals surface area contributed by atoms with E-state index in [0.717, 1.165) is 5.56 Å². The number of esters is 1. The lowest BCUT2D eigenvalue weighted by molar-refractivity contribution is -0.143. The summed E-state index contributed by atoms with van der Waals surface area (Å²) in [5.41, 5.74) is 1.51. The molecule has 0 atom stereocenters. The van der Waals surface area contributed by atoms with Gasteiger partial charge in [0.05, 0.1) is 13.0 Å². The van der Waals surface area contributed by atoms with Gasteiger partial charge in [0.1, 0.15) is 5.82 Å². The summed E-state index contributed by atoms with van der Waals surface area (Å²) in [6.07, 6.45) is 0.812. The Morgan fingerprint density at radius 2 is 1.68 bits per heavy atom. The minimum Gasteiger partial charge on any atom is -0.466 e. The van der Waals surface area contributed by atoms with Crippen LogP contribution in [-0.2, 0) is 16.0 Å². The molecule has 25 heavy (non-hydrogen) atoms. The van der Waals surface area contributed by atoms with E-state index < -0.39 is 0 Å². The van der Waals surface area contributed by atoms with E-state index in [9.17, 15) is 14.0 Å². The van der Waals surface area contributed by atoms with Crippen molar-refractivity contribution in [1.29, 1.82) is 0 Å². The molecule has 0 fully saturated rings. The van der Waals surface area contributed by atoms with Gasteiger partial charge in [-0.05, 0) is 43.2 Å². The highest BCUT2D eigenvalue weighted by Crippen LogP contribution is 2.10. The van der Waals surface area contributed by atoms with Crippen LogP contribution in [0.25, 0.3) is 0 Å². The van der Waals surface area contributed by atoms with E-state index in [1.807, 2.05) is 30.3 Å². The van der Waals surface area contributed by atoms with Gasteiger partial charge < -0.3 is 9.64 Å². The molecule has 1 amide bonds. The third kappa shape index (κ3) is 6.03. The lowest BCUT2D eigenvalue weighted by atomic mass is 10.1. The molecule has 0 saturated carbocycles. The number of halogens is 1. The van der Waals surface area contributed by atoms with Crippen molar-refractivity contribution in [3.8, 4) is 0 Å². The molecule has 0 aliphatic heterocycles. The molecule has 2 aromatic rings. The van der Waals surface area contributed by atoms with Gasteiger partial charge in [0, 0.05) is 18.7 Å². The molecule has 0 heterocycles. The summed E-state index contributed by atoms with van der Waals surface area (Å²) in [4.78, 5) is 25.9. The first-order valence-electron chi connectivity index (χ1n) is 8.34. The number of carbonyl (C=O) groups excluding carboxylic acids is 2. The fraction of sp³-hybridized carbons (Fsp3) is 0.300. The molecule has 0 radical (unpaired) electrons. The molecule has 2 rings (SSSR count). The molecule has 4 nitrogen and oxygen atoms in total. The van der Waals surface area contributed by atoms with Crippen LogP contribution < -0.4 is 0 Å². The molecule has 0 saturated heterocycles. The second-order valence-electron chi connectivity index (χ2n) is 5.59. The number of nitrogens with zero attached hydrogens (tertiary/aromatic N) is 1. The first kappa shape index (κ1) is 18.6. The van der Waals surface area contributed by atoms with Crippen LogP contribution in [0.4, 0.5) is 4.39 Å². The van der Waals surface area contributed by atoms with Crippen LogP contribution in [-0.4, -0.2) is 36.5 Å². The first-order chi connectivity index (χ1) is 12.1. The maximum atomic E-state index is 13.1. The highest BCUT2D eigenvalue weighted by molar-refractivity contribution is 5.94. The Hall–Kier alpha value is -2.69. The van der Waals surface area contributed by atoms with Crippen LogP contribution in [0.5, 0.6) is 0 Å². The standard InChI is InChI=1S/C20H22FNO3/c1-2-25-19(23)13-15-22(14-12-16-6-4-3-5-7-16)20(24)17-8-10-18(21)11-9-17/h3-11H,2,12-15H2,1H3. The number of hydrogen-bond acceptors (Lipinski definition) is 3. The number of amides is 1. The fourth-order valence-corrected chi connectivity index (χ4v) is 2.46. The molecule has 0 unspecified atom stereocenters. The number of ether oxygens (including phenoxy) is 1. The van der Waals surface area contributed by atoms with Gasteiger partial charge in [-0.2, -0.15) is 0 Å². The molecule has 0 bridgehead atoms. The van der Waals surface area contributed by atoms with Gasteiger partial charge >= 0.3 is 5.97 Å². The van der Waals surface area contributed by atoms with Crippen molar-refractivity contribution in [2.75, 3.05) is 19.7 Å². The summed E-state index contributed by atoms with van der Waals surface area (Å²) in [7, 11) is 0. The van der Waals surface area contributed by atoms with E-state index >= 15 is 0 Å². The van der Waals surface area contributed by atoms with Gasteiger partial charge in [-0.1, -0.05) is 30.3 Å². The van der Waals surface area contributed by atoms with Gasteiger partial charge in [0.25, 0.3) is 5.91 Å². The van der Waals surface area contributed by atoms with Crippen LogP contribution >= 0.6 is 0 Å². The lowest BCUT2D eigenvalue weighted by Crippen LogP contribution is -2.35. The molecule has 0 aliphatic carbocycles. The zero-order valence-electron chi connectivity index (χ0n) is 14.3. The number of benzene rings is 2. The molecule has 0 spiro atoms. The normalized spacial score (nSPS) is 10.3. The van der Waals surface area contributed by atoms with Crippen molar-refractivity contribution in [3.63, 3.8) is 0 Å². The zero-order valence-corrected chi connectivity index (χ0v) is 14.3. The topological polar surface area (TPSA) is 46.6 Å². The van der Waals surface area contributed by atoms with Gasteiger partial charge in [0.15, 0.2) is 0 Å². The van der Waals surface area contributed by atoms with E-state index in [0.29, 0.717) is 25.1 Å². The van der Waals surface area contributed by atoms with Crippen LogP contribution in [0.3, 0.4) is 0 Å². The molecule has 5 heteroatoms.